The third-order valence-electron chi connectivity index (χ3n) is 3.65. The Morgan fingerprint density at radius 3 is 1.95 bits per heavy atom. The number of hydrogen-bond acceptors (Lipinski definition) is 3. The van der Waals surface area contributed by atoms with Crippen LogP contribution in [-0.2, 0) is 13.1 Å². The van der Waals surface area contributed by atoms with Crippen molar-refractivity contribution in [3.8, 4) is 16.1 Å². The van der Waals surface area contributed by atoms with Crippen molar-refractivity contribution in [2.75, 3.05) is 0 Å². The van der Waals surface area contributed by atoms with Crippen LogP contribution < -0.4 is 11.4 Å². The van der Waals surface area contributed by atoms with Gasteiger partial charge in [-0.2, -0.15) is 0 Å². The summed E-state index contributed by atoms with van der Waals surface area (Å²) in [5.41, 5.74) is 1.10. The molecule has 0 fully saturated rings. The molecule has 0 spiro atoms. The molecule has 6 heteroatoms. The maximum Gasteiger partial charge on any atom is 0.351 e. The minimum atomic E-state index is -0.293. The first-order valence-corrected chi connectivity index (χ1v) is 8.12. The van der Waals surface area contributed by atoms with Crippen molar-refractivity contribution in [2.45, 2.75) is 26.9 Å². The fourth-order valence-corrected chi connectivity index (χ4v) is 3.30. The molecular weight excluding hydrogens is 298 g/mol. The van der Waals surface area contributed by atoms with E-state index in [-0.39, 0.29) is 11.4 Å². The fraction of sp³-hybridized carbons (Fsp3) is 0.250. The van der Waals surface area contributed by atoms with Gasteiger partial charge >= 0.3 is 11.4 Å². The zero-order valence-electron chi connectivity index (χ0n) is 12.5. The van der Waals surface area contributed by atoms with Gasteiger partial charge in [-0.05, 0) is 43.0 Å². The van der Waals surface area contributed by atoms with E-state index >= 15 is 0 Å². The molecule has 2 heterocycles. The van der Waals surface area contributed by atoms with Gasteiger partial charge in [-0.25, -0.2) is 23.5 Å². The lowest BCUT2D eigenvalue weighted by atomic mass is 10.2. The average Bonchev–Trinajstić information content (AvgIpc) is 3.14. The maximum absolute atomic E-state index is 12.4. The molecule has 0 saturated heterocycles. The van der Waals surface area contributed by atoms with Gasteiger partial charge in [0.05, 0.1) is 5.69 Å². The third-order valence-corrected chi connectivity index (χ3v) is 4.56. The topological polar surface area (TPSA) is 48.9 Å². The molecule has 0 radical (unpaired) electrons. The second-order valence-corrected chi connectivity index (χ2v) is 5.80. The summed E-state index contributed by atoms with van der Waals surface area (Å²) in [6.45, 7) is 4.67. The molecule has 3 rings (SSSR count). The number of rotatable bonds is 4. The maximum atomic E-state index is 12.4. The van der Waals surface area contributed by atoms with Crippen LogP contribution >= 0.6 is 11.3 Å². The number of benzene rings is 1. The Hall–Kier alpha value is -2.34. The number of hydrogen-bond donors (Lipinski definition) is 0. The van der Waals surface area contributed by atoms with Gasteiger partial charge in [-0.15, -0.1) is 11.3 Å². The second kappa shape index (κ2) is 5.81. The monoisotopic (exact) mass is 315 g/mol. The van der Waals surface area contributed by atoms with Crippen molar-refractivity contribution in [3.05, 3.63) is 62.7 Å². The van der Waals surface area contributed by atoms with Crippen LogP contribution in [0, 0.1) is 0 Å². The highest BCUT2D eigenvalue weighted by Crippen LogP contribution is 2.24. The largest absolute Gasteiger partial charge is 0.351 e. The predicted octanol–water partition coefficient (Wildman–Crippen LogP) is 2.57. The standard InChI is InChI=1S/C16H17N3O2S/c1-3-17-15(20)19(16(21)18(17)4-2)13-9-7-12(8-10-13)14-6-5-11-22-14/h5-11H,3-4H2,1-2H3. The van der Waals surface area contributed by atoms with Crippen LogP contribution in [0.1, 0.15) is 13.8 Å². The average molecular weight is 315 g/mol. The molecule has 1 aromatic carbocycles. The summed E-state index contributed by atoms with van der Waals surface area (Å²) in [6.07, 6.45) is 0. The predicted molar refractivity (Wildman–Crippen MR) is 89.0 cm³/mol. The molecular formula is C16H17N3O2S. The molecule has 0 aliphatic carbocycles. The first-order chi connectivity index (χ1) is 10.7. The van der Waals surface area contributed by atoms with Gasteiger partial charge in [0.25, 0.3) is 0 Å². The van der Waals surface area contributed by atoms with Crippen LogP contribution in [0.5, 0.6) is 0 Å². The van der Waals surface area contributed by atoms with Crippen molar-refractivity contribution >= 4 is 11.3 Å². The Labute approximate surface area is 131 Å². The summed E-state index contributed by atoms with van der Waals surface area (Å²) >= 11 is 1.66. The summed E-state index contributed by atoms with van der Waals surface area (Å²) in [7, 11) is 0. The molecule has 0 N–H and O–H groups in total. The Kier molecular flexibility index (Phi) is 3.85. The minimum Gasteiger partial charge on any atom is -0.246 e. The van der Waals surface area contributed by atoms with Crippen LogP contribution in [-0.4, -0.2) is 13.9 Å². The molecule has 2 aromatic heterocycles. The van der Waals surface area contributed by atoms with Gasteiger partial charge in [0.15, 0.2) is 0 Å². The molecule has 0 aliphatic heterocycles. The molecule has 22 heavy (non-hydrogen) atoms. The number of nitrogens with zero attached hydrogens (tertiary/aromatic N) is 3. The van der Waals surface area contributed by atoms with Crippen LogP contribution in [0.25, 0.3) is 16.1 Å². The lowest BCUT2D eigenvalue weighted by molar-refractivity contribution is 0.466. The molecule has 114 valence electrons. The van der Waals surface area contributed by atoms with Gasteiger partial charge in [0.1, 0.15) is 0 Å². The number of aromatic nitrogens is 3. The lowest BCUT2D eigenvalue weighted by Crippen LogP contribution is -2.27. The van der Waals surface area contributed by atoms with Gasteiger partial charge in [-0.1, -0.05) is 18.2 Å². The molecule has 3 aromatic rings. The van der Waals surface area contributed by atoms with E-state index in [1.54, 1.807) is 11.3 Å². The molecule has 0 bridgehead atoms. The molecule has 0 unspecified atom stereocenters. The van der Waals surface area contributed by atoms with Crippen LogP contribution in [0.15, 0.2) is 51.4 Å². The summed E-state index contributed by atoms with van der Waals surface area (Å²) in [5.74, 6) is 0. The van der Waals surface area contributed by atoms with E-state index < -0.39 is 0 Å². The van der Waals surface area contributed by atoms with E-state index in [9.17, 15) is 9.59 Å². The van der Waals surface area contributed by atoms with E-state index in [2.05, 4.69) is 0 Å². The summed E-state index contributed by atoms with van der Waals surface area (Å²) in [6, 6.07) is 11.6. The Morgan fingerprint density at radius 1 is 0.909 bits per heavy atom. The summed E-state index contributed by atoms with van der Waals surface area (Å²) in [5, 5.41) is 2.02. The zero-order valence-corrected chi connectivity index (χ0v) is 13.3. The molecule has 0 atom stereocenters. The quantitative estimate of drug-likeness (QED) is 0.743. The van der Waals surface area contributed by atoms with E-state index in [0.717, 1.165) is 10.4 Å². The summed E-state index contributed by atoms with van der Waals surface area (Å²) in [4.78, 5) is 26.0. The minimum absolute atomic E-state index is 0.293. The fourth-order valence-electron chi connectivity index (χ4n) is 2.57. The Morgan fingerprint density at radius 2 is 1.50 bits per heavy atom. The second-order valence-electron chi connectivity index (χ2n) is 4.86. The summed E-state index contributed by atoms with van der Waals surface area (Å²) < 4.78 is 4.16. The van der Waals surface area contributed by atoms with Crippen molar-refractivity contribution < 1.29 is 0 Å². The Balaban J connectivity index is 2.11. The first kappa shape index (κ1) is 14.6. The van der Waals surface area contributed by atoms with Gasteiger partial charge in [0, 0.05) is 18.0 Å². The molecule has 0 amide bonds. The molecule has 0 aliphatic rings. The van der Waals surface area contributed by atoms with Crippen molar-refractivity contribution in [2.24, 2.45) is 0 Å². The van der Waals surface area contributed by atoms with E-state index in [0.29, 0.717) is 18.8 Å². The molecule has 5 nitrogen and oxygen atoms in total. The van der Waals surface area contributed by atoms with Crippen molar-refractivity contribution in [3.63, 3.8) is 0 Å². The van der Waals surface area contributed by atoms with Gasteiger partial charge < -0.3 is 0 Å². The van der Waals surface area contributed by atoms with Crippen LogP contribution in [0.2, 0.25) is 0 Å². The zero-order chi connectivity index (χ0) is 15.7. The van der Waals surface area contributed by atoms with Gasteiger partial charge in [-0.3, -0.25) is 0 Å². The lowest BCUT2D eigenvalue weighted by Gasteiger charge is -2.01. The van der Waals surface area contributed by atoms with Crippen molar-refractivity contribution in [1.29, 1.82) is 0 Å². The first-order valence-electron chi connectivity index (χ1n) is 7.24. The van der Waals surface area contributed by atoms with Crippen LogP contribution in [0.3, 0.4) is 0 Å². The SMILES string of the molecule is CCn1c(=O)n(-c2ccc(-c3cccs3)cc2)c(=O)n1CC. The Bertz CT molecular complexity index is 848. The van der Waals surface area contributed by atoms with E-state index in [1.165, 1.54) is 13.9 Å². The highest BCUT2D eigenvalue weighted by molar-refractivity contribution is 7.13. The van der Waals surface area contributed by atoms with Gasteiger partial charge in [0.2, 0.25) is 0 Å². The molecule has 0 saturated carbocycles. The third kappa shape index (κ3) is 2.25. The highest BCUT2D eigenvalue weighted by Gasteiger charge is 2.15. The smallest absolute Gasteiger partial charge is 0.246 e. The van der Waals surface area contributed by atoms with E-state index in [1.807, 2.05) is 55.6 Å². The van der Waals surface area contributed by atoms with Crippen molar-refractivity contribution in [1.82, 2.24) is 13.9 Å². The highest BCUT2D eigenvalue weighted by atomic mass is 32.1. The number of thiophene rings is 1. The van der Waals surface area contributed by atoms with Crippen LogP contribution in [0.4, 0.5) is 0 Å². The van der Waals surface area contributed by atoms with E-state index in [4.69, 9.17) is 0 Å². The normalized spacial score (nSPS) is 11.0.